The lowest BCUT2D eigenvalue weighted by Crippen LogP contribution is -2.27. The highest BCUT2D eigenvalue weighted by molar-refractivity contribution is 9.09. The van der Waals surface area contributed by atoms with Gasteiger partial charge in [0.05, 0.1) is 5.25 Å². The van der Waals surface area contributed by atoms with Gasteiger partial charge in [-0.15, -0.1) is 0 Å². The van der Waals surface area contributed by atoms with Crippen molar-refractivity contribution in [2.24, 2.45) is 0 Å². The zero-order chi connectivity index (χ0) is 12.3. The van der Waals surface area contributed by atoms with Crippen molar-refractivity contribution in [2.45, 2.75) is 30.3 Å². The van der Waals surface area contributed by atoms with E-state index in [1.54, 1.807) is 6.92 Å². The summed E-state index contributed by atoms with van der Waals surface area (Å²) in [5.41, 5.74) is 2.36. The molecule has 0 aliphatic rings. The number of hydrogen-bond donors (Lipinski definition) is 0. The smallest absolute Gasteiger partial charge is 0.151 e. The first-order valence-electron chi connectivity index (χ1n) is 5.19. The van der Waals surface area contributed by atoms with Crippen LogP contribution in [0.25, 0.3) is 0 Å². The summed E-state index contributed by atoms with van der Waals surface area (Å²) in [5.74, 6) is 0. The van der Waals surface area contributed by atoms with Crippen molar-refractivity contribution in [1.82, 2.24) is 0 Å². The molecule has 4 heteroatoms. The second-order valence-electron chi connectivity index (χ2n) is 4.24. The molecular formula is C12H17BrO2S. The maximum Gasteiger partial charge on any atom is 0.151 e. The van der Waals surface area contributed by atoms with Gasteiger partial charge in [0.1, 0.15) is 0 Å². The zero-order valence-corrected chi connectivity index (χ0v) is 12.2. The van der Waals surface area contributed by atoms with Gasteiger partial charge >= 0.3 is 0 Å². The van der Waals surface area contributed by atoms with Crippen LogP contribution in [0, 0.1) is 6.92 Å². The van der Waals surface area contributed by atoms with Crippen LogP contribution in [0.5, 0.6) is 0 Å². The Labute approximate surface area is 106 Å². The molecule has 0 aliphatic heterocycles. The molecule has 2 nitrogen and oxygen atoms in total. The average Bonchev–Trinajstić information content (AvgIpc) is 2.15. The Bertz CT molecular complexity index is 454. The lowest BCUT2D eigenvalue weighted by Gasteiger charge is -2.16. The standard InChI is InChI=1S/C12H17BrO2S/c1-9-5-4-6-11(7-9)8-12(13)10(2)16(3,14)15/h4-7,10,12H,8H2,1-3H3. The highest BCUT2D eigenvalue weighted by Gasteiger charge is 2.23. The number of aryl methyl sites for hydroxylation is 1. The second-order valence-corrected chi connectivity index (χ2v) is 7.82. The topological polar surface area (TPSA) is 34.1 Å². The van der Waals surface area contributed by atoms with E-state index in [1.807, 2.05) is 25.1 Å². The van der Waals surface area contributed by atoms with Crippen LogP contribution in [-0.4, -0.2) is 24.8 Å². The molecule has 0 aromatic heterocycles. The molecule has 0 saturated carbocycles. The van der Waals surface area contributed by atoms with Crippen LogP contribution in [-0.2, 0) is 16.3 Å². The molecule has 1 aromatic rings. The Morgan fingerprint density at radius 1 is 1.38 bits per heavy atom. The van der Waals surface area contributed by atoms with Gasteiger partial charge in [0, 0.05) is 11.1 Å². The van der Waals surface area contributed by atoms with Gasteiger partial charge in [-0.05, 0) is 25.8 Å². The van der Waals surface area contributed by atoms with Crippen molar-refractivity contribution in [3.8, 4) is 0 Å². The van der Waals surface area contributed by atoms with Crippen molar-refractivity contribution in [1.29, 1.82) is 0 Å². The Balaban J connectivity index is 2.75. The minimum atomic E-state index is -2.98. The number of hydrogen-bond acceptors (Lipinski definition) is 2. The van der Waals surface area contributed by atoms with Crippen LogP contribution in [0.15, 0.2) is 24.3 Å². The first-order valence-corrected chi connectivity index (χ1v) is 8.06. The fourth-order valence-electron chi connectivity index (χ4n) is 1.50. The molecule has 2 atom stereocenters. The van der Waals surface area contributed by atoms with Crippen LogP contribution in [0.3, 0.4) is 0 Å². The number of rotatable bonds is 4. The van der Waals surface area contributed by atoms with Gasteiger partial charge in [-0.2, -0.15) is 0 Å². The van der Waals surface area contributed by atoms with E-state index in [0.29, 0.717) is 0 Å². The number of sulfone groups is 1. The van der Waals surface area contributed by atoms with Crippen molar-refractivity contribution in [3.05, 3.63) is 35.4 Å². The van der Waals surface area contributed by atoms with E-state index in [0.717, 1.165) is 12.0 Å². The fourth-order valence-corrected chi connectivity index (χ4v) is 3.68. The van der Waals surface area contributed by atoms with Gasteiger partial charge in [0.15, 0.2) is 9.84 Å². The predicted octanol–water partition coefficient (Wildman–Crippen LogP) is 2.73. The third kappa shape index (κ3) is 3.91. The van der Waals surface area contributed by atoms with Crippen molar-refractivity contribution in [3.63, 3.8) is 0 Å². The highest BCUT2D eigenvalue weighted by Crippen LogP contribution is 2.18. The Hall–Kier alpha value is -0.350. The van der Waals surface area contributed by atoms with E-state index in [-0.39, 0.29) is 10.1 Å². The molecule has 0 N–H and O–H groups in total. The minimum absolute atomic E-state index is 0.0377. The largest absolute Gasteiger partial charge is 0.229 e. The molecule has 0 fully saturated rings. The van der Waals surface area contributed by atoms with Crippen LogP contribution < -0.4 is 0 Å². The summed E-state index contributed by atoms with van der Waals surface area (Å²) in [5, 5.41) is -0.368. The van der Waals surface area contributed by atoms with Gasteiger partial charge in [-0.1, -0.05) is 45.8 Å². The molecule has 0 radical (unpaired) electrons. The summed E-state index contributed by atoms with van der Waals surface area (Å²) in [6.45, 7) is 3.78. The van der Waals surface area contributed by atoms with E-state index in [1.165, 1.54) is 11.8 Å². The normalized spacial score (nSPS) is 15.8. The zero-order valence-electron chi connectivity index (χ0n) is 9.77. The third-order valence-electron chi connectivity index (χ3n) is 2.70. The number of halogens is 1. The minimum Gasteiger partial charge on any atom is -0.229 e. The lowest BCUT2D eigenvalue weighted by atomic mass is 10.1. The molecule has 0 heterocycles. The lowest BCUT2D eigenvalue weighted by molar-refractivity contribution is 0.586. The first-order chi connectivity index (χ1) is 7.30. The summed E-state index contributed by atoms with van der Waals surface area (Å²) in [6, 6.07) is 8.14. The van der Waals surface area contributed by atoms with Crippen LogP contribution in [0.1, 0.15) is 18.1 Å². The highest BCUT2D eigenvalue weighted by atomic mass is 79.9. The fraction of sp³-hybridized carbons (Fsp3) is 0.500. The summed E-state index contributed by atoms with van der Waals surface area (Å²) in [4.78, 5) is -0.0377. The van der Waals surface area contributed by atoms with Gasteiger partial charge < -0.3 is 0 Å². The first kappa shape index (κ1) is 13.7. The predicted molar refractivity (Wildman–Crippen MR) is 71.9 cm³/mol. The molecule has 0 amide bonds. The second kappa shape index (κ2) is 5.32. The Morgan fingerprint density at radius 2 is 2.00 bits per heavy atom. The van der Waals surface area contributed by atoms with Crippen LogP contribution in [0.4, 0.5) is 0 Å². The molecule has 0 aliphatic carbocycles. The van der Waals surface area contributed by atoms with Gasteiger partial charge in [-0.3, -0.25) is 0 Å². The van der Waals surface area contributed by atoms with E-state index in [2.05, 4.69) is 22.0 Å². The van der Waals surface area contributed by atoms with E-state index < -0.39 is 9.84 Å². The molecule has 16 heavy (non-hydrogen) atoms. The van der Waals surface area contributed by atoms with Crippen molar-refractivity contribution < 1.29 is 8.42 Å². The van der Waals surface area contributed by atoms with E-state index in [4.69, 9.17) is 0 Å². The third-order valence-corrected chi connectivity index (χ3v) is 5.84. The molecule has 0 saturated heterocycles. The summed E-state index contributed by atoms with van der Waals surface area (Å²) in [7, 11) is -2.98. The quantitative estimate of drug-likeness (QED) is 0.802. The van der Waals surface area contributed by atoms with Crippen molar-refractivity contribution >= 4 is 25.8 Å². The van der Waals surface area contributed by atoms with Crippen molar-refractivity contribution in [2.75, 3.05) is 6.26 Å². The van der Waals surface area contributed by atoms with Crippen LogP contribution in [0.2, 0.25) is 0 Å². The number of benzene rings is 1. The number of alkyl halides is 1. The summed E-state index contributed by atoms with van der Waals surface area (Å²) in [6.07, 6.45) is 2.01. The molecule has 90 valence electrons. The molecule has 1 rings (SSSR count). The molecule has 0 bridgehead atoms. The molecule has 2 unspecified atom stereocenters. The SMILES string of the molecule is Cc1cccc(CC(Br)C(C)S(C)(=O)=O)c1. The average molecular weight is 305 g/mol. The molecular weight excluding hydrogens is 288 g/mol. The maximum absolute atomic E-state index is 11.4. The van der Waals surface area contributed by atoms with Gasteiger partial charge in [-0.25, -0.2) is 8.42 Å². The molecule has 0 spiro atoms. The maximum atomic E-state index is 11.4. The van der Waals surface area contributed by atoms with Gasteiger partial charge in [0.2, 0.25) is 0 Å². The summed E-state index contributed by atoms with van der Waals surface area (Å²) < 4.78 is 22.8. The monoisotopic (exact) mass is 304 g/mol. The Kier molecular flexibility index (Phi) is 4.56. The molecule has 1 aromatic carbocycles. The Morgan fingerprint density at radius 3 is 2.50 bits per heavy atom. The van der Waals surface area contributed by atoms with E-state index in [9.17, 15) is 8.42 Å². The van der Waals surface area contributed by atoms with Crippen LogP contribution >= 0.6 is 15.9 Å². The summed E-state index contributed by atoms with van der Waals surface area (Å²) >= 11 is 3.46. The van der Waals surface area contributed by atoms with Gasteiger partial charge in [0.25, 0.3) is 0 Å². The van der Waals surface area contributed by atoms with E-state index >= 15 is 0 Å².